The standard InChI is InChI=1S/C9H13IN4/c1-2-12-9(14-11)13-8-6-4-3-5-7(8)10/h3-6H,2,11H2,1H3,(H2,12,13,14). The maximum atomic E-state index is 5.31. The highest BCUT2D eigenvalue weighted by Crippen LogP contribution is 2.16. The van der Waals surface area contributed by atoms with Gasteiger partial charge >= 0.3 is 0 Å². The molecule has 0 bridgehead atoms. The summed E-state index contributed by atoms with van der Waals surface area (Å²) in [5, 5.41) is 3.10. The average Bonchev–Trinajstić information content (AvgIpc) is 2.20. The number of anilines is 1. The third kappa shape index (κ3) is 3.15. The highest BCUT2D eigenvalue weighted by molar-refractivity contribution is 14.1. The predicted octanol–water partition coefficient (Wildman–Crippen LogP) is 1.54. The van der Waals surface area contributed by atoms with E-state index in [4.69, 9.17) is 5.84 Å². The van der Waals surface area contributed by atoms with E-state index in [-0.39, 0.29) is 0 Å². The molecule has 0 aromatic heterocycles. The fourth-order valence-electron chi connectivity index (χ4n) is 0.970. The summed E-state index contributed by atoms with van der Waals surface area (Å²) in [6.45, 7) is 2.64. The van der Waals surface area contributed by atoms with Crippen LogP contribution in [-0.4, -0.2) is 12.5 Å². The van der Waals surface area contributed by atoms with Crippen molar-refractivity contribution in [3.63, 3.8) is 0 Å². The van der Waals surface area contributed by atoms with E-state index >= 15 is 0 Å². The number of hydrazine groups is 1. The minimum absolute atomic E-state index is 0.580. The number of halogens is 1. The van der Waals surface area contributed by atoms with Gasteiger partial charge in [-0.05, 0) is 41.6 Å². The summed E-state index contributed by atoms with van der Waals surface area (Å²) in [5.41, 5.74) is 3.51. The van der Waals surface area contributed by atoms with Gasteiger partial charge in [0.15, 0.2) is 0 Å². The molecule has 5 heteroatoms. The Hall–Kier alpha value is -0.820. The smallest absolute Gasteiger partial charge is 0.210 e. The van der Waals surface area contributed by atoms with Crippen molar-refractivity contribution in [1.29, 1.82) is 0 Å². The van der Waals surface area contributed by atoms with Gasteiger partial charge in [-0.2, -0.15) is 0 Å². The molecule has 76 valence electrons. The number of hydrogen-bond donors (Lipinski definition) is 3. The van der Waals surface area contributed by atoms with Crippen molar-refractivity contribution in [2.24, 2.45) is 10.8 Å². The Bertz CT molecular complexity index is 324. The fraction of sp³-hybridized carbons (Fsp3) is 0.222. The lowest BCUT2D eigenvalue weighted by atomic mass is 10.3. The molecule has 0 aliphatic rings. The molecule has 1 aromatic rings. The first-order valence-electron chi connectivity index (χ1n) is 4.30. The van der Waals surface area contributed by atoms with E-state index in [2.05, 4.69) is 38.3 Å². The van der Waals surface area contributed by atoms with Crippen molar-refractivity contribution < 1.29 is 0 Å². The Balaban J connectivity index is 2.77. The number of nitrogens with zero attached hydrogens (tertiary/aromatic N) is 1. The number of hydrogen-bond acceptors (Lipinski definition) is 2. The molecule has 0 unspecified atom stereocenters. The van der Waals surface area contributed by atoms with E-state index in [9.17, 15) is 0 Å². The number of para-hydroxylation sites is 1. The summed E-state index contributed by atoms with van der Waals surface area (Å²) in [6, 6.07) is 7.94. The summed E-state index contributed by atoms with van der Waals surface area (Å²) >= 11 is 2.25. The van der Waals surface area contributed by atoms with E-state index in [0.717, 1.165) is 9.26 Å². The van der Waals surface area contributed by atoms with Crippen LogP contribution in [-0.2, 0) is 0 Å². The van der Waals surface area contributed by atoms with Crippen LogP contribution in [0.25, 0.3) is 0 Å². The van der Waals surface area contributed by atoms with Crippen LogP contribution < -0.4 is 16.6 Å². The van der Waals surface area contributed by atoms with Gasteiger partial charge in [0.1, 0.15) is 0 Å². The number of guanidine groups is 1. The lowest BCUT2D eigenvalue weighted by Gasteiger charge is -2.09. The van der Waals surface area contributed by atoms with Crippen LogP contribution in [0.5, 0.6) is 0 Å². The van der Waals surface area contributed by atoms with Gasteiger partial charge in [0.05, 0.1) is 5.69 Å². The van der Waals surface area contributed by atoms with E-state index in [0.29, 0.717) is 12.5 Å². The molecule has 4 N–H and O–H groups in total. The summed E-state index contributed by atoms with van der Waals surface area (Å²) in [6.07, 6.45) is 0. The Morgan fingerprint density at radius 1 is 1.50 bits per heavy atom. The molecule has 0 fully saturated rings. The molecular weight excluding hydrogens is 291 g/mol. The maximum Gasteiger partial charge on any atom is 0.210 e. The van der Waals surface area contributed by atoms with Crippen LogP contribution in [0, 0.1) is 3.57 Å². The van der Waals surface area contributed by atoms with Crippen LogP contribution >= 0.6 is 22.6 Å². The molecule has 0 aliphatic carbocycles. The summed E-state index contributed by atoms with van der Waals surface area (Å²) < 4.78 is 1.13. The number of benzene rings is 1. The first kappa shape index (κ1) is 11.3. The molecule has 4 nitrogen and oxygen atoms in total. The number of aliphatic imine (C=N–C) groups is 1. The lowest BCUT2D eigenvalue weighted by molar-refractivity contribution is 0.986. The van der Waals surface area contributed by atoms with Crippen LogP contribution in [0.15, 0.2) is 29.3 Å². The third-order valence-electron chi connectivity index (χ3n) is 1.58. The molecule has 0 aliphatic heterocycles. The third-order valence-corrected chi connectivity index (χ3v) is 2.52. The van der Waals surface area contributed by atoms with Gasteiger partial charge in [-0.25, -0.2) is 5.84 Å². The van der Waals surface area contributed by atoms with Crippen LogP contribution in [0.2, 0.25) is 0 Å². The molecule has 0 heterocycles. The molecule has 1 aromatic carbocycles. The van der Waals surface area contributed by atoms with Crippen LogP contribution in [0.3, 0.4) is 0 Å². The maximum absolute atomic E-state index is 5.31. The quantitative estimate of drug-likeness (QED) is 0.255. The Kier molecular flexibility index (Phi) is 4.68. The zero-order valence-corrected chi connectivity index (χ0v) is 10.1. The topological polar surface area (TPSA) is 62.4 Å². The molecule has 0 atom stereocenters. The summed E-state index contributed by atoms with van der Waals surface area (Å²) in [7, 11) is 0. The highest BCUT2D eigenvalue weighted by atomic mass is 127. The molecule has 0 spiro atoms. The zero-order chi connectivity index (χ0) is 10.4. The SMILES string of the molecule is CCN=C(NN)Nc1ccccc1I. The second-order valence-electron chi connectivity index (χ2n) is 2.57. The second kappa shape index (κ2) is 5.82. The van der Waals surface area contributed by atoms with Gasteiger partial charge in [0.25, 0.3) is 0 Å². The van der Waals surface area contributed by atoms with E-state index in [1.165, 1.54) is 0 Å². The molecule has 0 amide bonds. The van der Waals surface area contributed by atoms with Gasteiger partial charge in [-0.3, -0.25) is 10.4 Å². The molecule has 14 heavy (non-hydrogen) atoms. The van der Waals surface area contributed by atoms with Crippen molar-refractivity contribution in [1.82, 2.24) is 5.43 Å². The van der Waals surface area contributed by atoms with Crippen molar-refractivity contribution in [2.75, 3.05) is 11.9 Å². The molecule has 0 radical (unpaired) electrons. The average molecular weight is 304 g/mol. The predicted molar refractivity (Wildman–Crippen MR) is 68.1 cm³/mol. The van der Waals surface area contributed by atoms with Gasteiger partial charge in [-0.15, -0.1) is 0 Å². The molecular formula is C9H13IN4. The molecule has 0 saturated heterocycles. The van der Waals surface area contributed by atoms with E-state index < -0.39 is 0 Å². The highest BCUT2D eigenvalue weighted by Gasteiger charge is 1.99. The fourth-order valence-corrected chi connectivity index (χ4v) is 1.49. The van der Waals surface area contributed by atoms with Crippen molar-refractivity contribution in [2.45, 2.75) is 6.92 Å². The van der Waals surface area contributed by atoms with Crippen molar-refractivity contribution in [3.05, 3.63) is 27.8 Å². The normalized spacial score (nSPS) is 11.2. The zero-order valence-electron chi connectivity index (χ0n) is 7.92. The van der Waals surface area contributed by atoms with E-state index in [1.807, 2.05) is 31.2 Å². The lowest BCUT2D eigenvalue weighted by Crippen LogP contribution is -2.36. The molecule has 0 saturated carbocycles. The Labute approximate surface area is 97.1 Å². The Morgan fingerprint density at radius 2 is 2.21 bits per heavy atom. The van der Waals surface area contributed by atoms with Crippen LogP contribution in [0.4, 0.5) is 5.69 Å². The summed E-state index contributed by atoms with van der Waals surface area (Å²) in [4.78, 5) is 4.15. The molecule has 1 rings (SSSR count). The minimum atomic E-state index is 0.580. The number of nitrogens with one attached hydrogen (secondary N) is 2. The van der Waals surface area contributed by atoms with Crippen LogP contribution in [0.1, 0.15) is 6.92 Å². The summed E-state index contributed by atoms with van der Waals surface area (Å²) in [5.74, 6) is 5.89. The first-order valence-corrected chi connectivity index (χ1v) is 5.38. The van der Waals surface area contributed by atoms with Crippen molar-refractivity contribution >= 4 is 34.2 Å². The minimum Gasteiger partial charge on any atom is -0.324 e. The number of nitrogens with two attached hydrogens (primary N) is 1. The monoisotopic (exact) mass is 304 g/mol. The Morgan fingerprint density at radius 3 is 2.79 bits per heavy atom. The van der Waals surface area contributed by atoms with Gasteiger partial charge < -0.3 is 5.32 Å². The van der Waals surface area contributed by atoms with E-state index in [1.54, 1.807) is 0 Å². The second-order valence-corrected chi connectivity index (χ2v) is 3.73. The van der Waals surface area contributed by atoms with Gasteiger partial charge in [0, 0.05) is 10.1 Å². The first-order chi connectivity index (χ1) is 6.77. The largest absolute Gasteiger partial charge is 0.324 e. The number of rotatable bonds is 2. The van der Waals surface area contributed by atoms with Gasteiger partial charge in [0.2, 0.25) is 5.96 Å². The van der Waals surface area contributed by atoms with Gasteiger partial charge in [-0.1, -0.05) is 12.1 Å². The van der Waals surface area contributed by atoms with Crippen molar-refractivity contribution in [3.8, 4) is 0 Å².